The maximum atomic E-state index is 11.1. The number of carbonyl (C=O) groups is 2. The van der Waals surface area contributed by atoms with Crippen LogP contribution in [0.2, 0.25) is 0 Å². The summed E-state index contributed by atoms with van der Waals surface area (Å²) in [6, 6.07) is -0.864. The first kappa shape index (κ1) is 12.9. The van der Waals surface area contributed by atoms with Crippen molar-refractivity contribution in [3.8, 4) is 0 Å². The summed E-state index contributed by atoms with van der Waals surface area (Å²) in [5.41, 5.74) is 4.77. The minimum absolute atomic E-state index is 0.418. The predicted octanol–water partition coefficient (Wildman–Crippen LogP) is -0.804. The SMILES string of the molecule is CCNCCOC(C)C(=O)NC(N)=O. The molecular weight excluding hydrogens is 186 g/mol. The van der Waals surface area contributed by atoms with Gasteiger partial charge in [0, 0.05) is 6.54 Å². The first-order valence-electron chi connectivity index (χ1n) is 4.50. The number of amides is 3. The molecule has 0 aromatic heterocycles. The Morgan fingerprint density at radius 2 is 2.14 bits per heavy atom. The molecule has 0 aliphatic heterocycles. The number of nitrogens with one attached hydrogen (secondary N) is 2. The molecule has 0 fully saturated rings. The molecule has 0 aromatic rings. The van der Waals surface area contributed by atoms with Crippen molar-refractivity contribution < 1.29 is 14.3 Å². The fourth-order valence-corrected chi connectivity index (χ4v) is 0.783. The highest BCUT2D eigenvalue weighted by Gasteiger charge is 2.13. The van der Waals surface area contributed by atoms with E-state index in [1.54, 1.807) is 6.92 Å². The van der Waals surface area contributed by atoms with E-state index >= 15 is 0 Å². The van der Waals surface area contributed by atoms with Gasteiger partial charge in [-0.15, -0.1) is 0 Å². The Balaban J connectivity index is 3.57. The number of rotatable bonds is 6. The Bertz CT molecular complexity index is 196. The second-order valence-corrected chi connectivity index (χ2v) is 2.72. The predicted molar refractivity (Wildman–Crippen MR) is 51.7 cm³/mol. The molecule has 0 aromatic carbocycles. The van der Waals surface area contributed by atoms with Crippen LogP contribution in [0.5, 0.6) is 0 Å². The molecule has 0 saturated heterocycles. The van der Waals surface area contributed by atoms with Gasteiger partial charge in [-0.05, 0) is 13.5 Å². The number of nitrogens with two attached hydrogens (primary N) is 1. The molecule has 0 heterocycles. The standard InChI is InChI=1S/C8H17N3O3/c1-3-10-4-5-14-6(2)7(12)11-8(9)13/h6,10H,3-5H2,1-2H3,(H3,9,11,12,13). The number of primary amides is 1. The highest BCUT2D eigenvalue weighted by Crippen LogP contribution is 1.89. The molecule has 0 bridgehead atoms. The van der Waals surface area contributed by atoms with Gasteiger partial charge < -0.3 is 15.8 Å². The van der Waals surface area contributed by atoms with Gasteiger partial charge in [0.1, 0.15) is 6.10 Å². The van der Waals surface area contributed by atoms with Gasteiger partial charge in [0.2, 0.25) is 0 Å². The Morgan fingerprint density at radius 1 is 1.50 bits per heavy atom. The Morgan fingerprint density at radius 3 is 2.64 bits per heavy atom. The van der Waals surface area contributed by atoms with E-state index in [0.717, 1.165) is 6.54 Å². The minimum Gasteiger partial charge on any atom is -0.367 e. The highest BCUT2D eigenvalue weighted by atomic mass is 16.5. The van der Waals surface area contributed by atoms with Gasteiger partial charge in [-0.2, -0.15) is 0 Å². The van der Waals surface area contributed by atoms with Gasteiger partial charge in [-0.3, -0.25) is 10.1 Å². The first-order valence-corrected chi connectivity index (χ1v) is 4.50. The molecule has 6 heteroatoms. The van der Waals surface area contributed by atoms with Crippen molar-refractivity contribution in [2.75, 3.05) is 19.7 Å². The lowest BCUT2D eigenvalue weighted by atomic mass is 10.4. The number of hydrogen-bond donors (Lipinski definition) is 3. The molecule has 82 valence electrons. The van der Waals surface area contributed by atoms with Crippen molar-refractivity contribution in [1.29, 1.82) is 0 Å². The zero-order valence-corrected chi connectivity index (χ0v) is 8.50. The van der Waals surface area contributed by atoms with Crippen LogP contribution in [0, 0.1) is 0 Å². The van der Waals surface area contributed by atoms with Crippen LogP contribution in [0.4, 0.5) is 4.79 Å². The monoisotopic (exact) mass is 203 g/mol. The zero-order valence-electron chi connectivity index (χ0n) is 8.50. The quantitative estimate of drug-likeness (QED) is 0.492. The molecule has 0 spiro atoms. The van der Waals surface area contributed by atoms with E-state index in [1.165, 1.54) is 0 Å². The van der Waals surface area contributed by atoms with Crippen molar-refractivity contribution in [2.24, 2.45) is 5.73 Å². The maximum Gasteiger partial charge on any atom is 0.318 e. The number of imide groups is 1. The fourth-order valence-electron chi connectivity index (χ4n) is 0.783. The molecule has 0 radical (unpaired) electrons. The topological polar surface area (TPSA) is 93.4 Å². The third-order valence-corrected chi connectivity index (χ3v) is 1.51. The molecule has 0 aliphatic carbocycles. The van der Waals surface area contributed by atoms with Crippen LogP contribution in [-0.2, 0) is 9.53 Å². The number of likely N-dealkylation sites (N-methyl/N-ethyl adjacent to an activating group) is 1. The van der Waals surface area contributed by atoms with E-state index in [2.05, 4.69) is 5.32 Å². The minimum atomic E-state index is -0.864. The summed E-state index contributed by atoms with van der Waals surface area (Å²) < 4.78 is 5.12. The van der Waals surface area contributed by atoms with Crippen molar-refractivity contribution in [1.82, 2.24) is 10.6 Å². The summed E-state index contributed by atoms with van der Waals surface area (Å²) in [4.78, 5) is 21.4. The highest BCUT2D eigenvalue weighted by molar-refractivity contribution is 5.95. The van der Waals surface area contributed by atoms with Gasteiger partial charge in [0.25, 0.3) is 5.91 Å². The van der Waals surface area contributed by atoms with Gasteiger partial charge in [-0.1, -0.05) is 6.92 Å². The van der Waals surface area contributed by atoms with Crippen LogP contribution in [0.3, 0.4) is 0 Å². The lowest BCUT2D eigenvalue weighted by molar-refractivity contribution is -0.130. The molecular formula is C8H17N3O3. The van der Waals surface area contributed by atoms with Crippen LogP contribution in [-0.4, -0.2) is 37.7 Å². The van der Waals surface area contributed by atoms with E-state index in [1.807, 2.05) is 12.2 Å². The smallest absolute Gasteiger partial charge is 0.318 e. The lowest BCUT2D eigenvalue weighted by Crippen LogP contribution is -2.42. The maximum absolute atomic E-state index is 11.1. The second kappa shape index (κ2) is 7.28. The number of carbonyl (C=O) groups excluding carboxylic acids is 2. The van der Waals surface area contributed by atoms with Gasteiger partial charge in [-0.25, -0.2) is 4.79 Å². The Kier molecular flexibility index (Phi) is 6.69. The average molecular weight is 203 g/mol. The number of hydrogen-bond acceptors (Lipinski definition) is 4. The largest absolute Gasteiger partial charge is 0.367 e. The molecule has 0 aliphatic rings. The zero-order chi connectivity index (χ0) is 11.0. The second-order valence-electron chi connectivity index (χ2n) is 2.72. The number of ether oxygens (including phenoxy) is 1. The molecule has 0 rings (SSSR count). The average Bonchev–Trinajstić information content (AvgIpc) is 2.11. The number of urea groups is 1. The third kappa shape index (κ3) is 6.38. The summed E-state index contributed by atoms with van der Waals surface area (Å²) >= 11 is 0. The first-order chi connectivity index (χ1) is 6.57. The van der Waals surface area contributed by atoms with Gasteiger partial charge in [0.05, 0.1) is 6.61 Å². The fraction of sp³-hybridized carbons (Fsp3) is 0.750. The molecule has 4 N–H and O–H groups in total. The van der Waals surface area contributed by atoms with Gasteiger partial charge >= 0.3 is 6.03 Å². The van der Waals surface area contributed by atoms with E-state index < -0.39 is 18.0 Å². The molecule has 1 unspecified atom stereocenters. The normalized spacial score (nSPS) is 12.1. The molecule has 0 saturated carbocycles. The van der Waals surface area contributed by atoms with Crippen LogP contribution in [0.15, 0.2) is 0 Å². The Hall–Kier alpha value is -1.14. The van der Waals surface area contributed by atoms with Gasteiger partial charge in [0.15, 0.2) is 0 Å². The van der Waals surface area contributed by atoms with Crippen molar-refractivity contribution in [3.05, 3.63) is 0 Å². The summed E-state index contributed by atoms with van der Waals surface area (Å²) in [5, 5.41) is 4.97. The van der Waals surface area contributed by atoms with Crippen LogP contribution >= 0.6 is 0 Å². The van der Waals surface area contributed by atoms with Crippen LogP contribution < -0.4 is 16.4 Å². The van der Waals surface area contributed by atoms with Crippen molar-refractivity contribution in [2.45, 2.75) is 20.0 Å². The van der Waals surface area contributed by atoms with Crippen LogP contribution in [0.1, 0.15) is 13.8 Å². The summed E-state index contributed by atoms with van der Waals surface area (Å²) in [7, 11) is 0. The van der Waals surface area contributed by atoms with E-state index in [9.17, 15) is 9.59 Å². The third-order valence-electron chi connectivity index (χ3n) is 1.51. The Labute approximate surface area is 83.2 Å². The molecule has 1 atom stereocenters. The van der Waals surface area contributed by atoms with Crippen LogP contribution in [0.25, 0.3) is 0 Å². The summed E-state index contributed by atoms with van der Waals surface area (Å²) in [5.74, 6) is -0.519. The van der Waals surface area contributed by atoms with Crippen molar-refractivity contribution in [3.63, 3.8) is 0 Å². The molecule has 3 amide bonds. The lowest BCUT2D eigenvalue weighted by Gasteiger charge is -2.11. The molecule has 14 heavy (non-hydrogen) atoms. The van der Waals surface area contributed by atoms with Crippen molar-refractivity contribution >= 4 is 11.9 Å². The summed E-state index contributed by atoms with van der Waals surface area (Å²) in [6.07, 6.45) is -0.666. The summed E-state index contributed by atoms with van der Waals surface area (Å²) in [6.45, 7) is 5.48. The van der Waals surface area contributed by atoms with E-state index in [-0.39, 0.29) is 0 Å². The molecule has 6 nitrogen and oxygen atoms in total. The van der Waals surface area contributed by atoms with E-state index in [0.29, 0.717) is 13.2 Å². The van der Waals surface area contributed by atoms with E-state index in [4.69, 9.17) is 10.5 Å².